The van der Waals surface area contributed by atoms with Gasteiger partial charge in [0.1, 0.15) is 13.2 Å². The van der Waals surface area contributed by atoms with Gasteiger partial charge in [-0.1, -0.05) is 244 Å². The Kier molecular flexibility index (Phi) is 46.3. The minimum Gasteiger partial charge on any atom is -0.387 e. The number of phosphoric ester groups is 1. The predicted octanol–water partition coefficient (Wildman–Crippen LogP) is 16.4. The first-order chi connectivity index (χ1) is 31.0. The lowest BCUT2D eigenvalue weighted by Crippen LogP contribution is -2.45. The van der Waals surface area contributed by atoms with Gasteiger partial charge in [0.15, 0.2) is 0 Å². The van der Waals surface area contributed by atoms with Gasteiger partial charge >= 0.3 is 7.82 Å². The van der Waals surface area contributed by atoms with Gasteiger partial charge in [-0.25, -0.2) is 4.57 Å². The van der Waals surface area contributed by atoms with Gasteiger partial charge in [-0.15, -0.1) is 0 Å². The predicted molar refractivity (Wildman–Crippen MR) is 277 cm³/mol. The number of hydrogen-bond donors (Lipinski definition) is 3. The summed E-state index contributed by atoms with van der Waals surface area (Å²) in [6, 6.07) is -0.847. The number of carbonyl (C=O) groups is 1. The molecule has 1 amide bonds. The first-order valence-electron chi connectivity index (χ1n) is 27.7. The Bertz CT molecular complexity index is 1090. The van der Waals surface area contributed by atoms with E-state index >= 15 is 0 Å². The zero-order valence-electron chi connectivity index (χ0n) is 43.3. The van der Waals surface area contributed by atoms with E-state index in [9.17, 15) is 19.4 Å². The van der Waals surface area contributed by atoms with Crippen molar-refractivity contribution in [1.82, 2.24) is 5.32 Å². The molecular formula is C55H110N2O6P+. The summed E-state index contributed by atoms with van der Waals surface area (Å²) in [5.41, 5.74) is 0. The highest BCUT2D eigenvalue weighted by Gasteiger charge is 2.27. The molecule has 0 aromatic carbocycles. The van der Waals surface area contributed by atoms with Crippen molar-refractivity contribution in [3.8, 4) is 0 Å². The molecule has 0 aromatic rings. The Balaban J connectivity index is 4.22. The van der Waals surface area contributed by atoms with E-state index in [1.54, 1.807) is 6.08 Å². The molecule has 0 bridgehead atoms. The number of aliphatic hydroxyl groups excluding tert-OH is 1. The third-order valence-electron chi connectivity index (χ3n) is 12.7. The fraction of sp³-hybridized carbons (Fsp3) is 0.909. The van der Waals surface area contributed by atoms with Crippen LogP contribution in [0.15, 0.2) is 24.3 Å². The fourth-order valence-electron chi connectivity index (χ4n) is 8.27. The highest BCUT2D eigenvalue weighted by Crippen LogP contribution is 2.43. The molecule has 0 aliphatic heterocycles. The van der Waals surface area contributed by atoms with Crippen molar-refractivity contribution < 1.29 is 32.9 Å². The zero-order valence-corrected chi connectivity index (χ0v) is 44.2. The number of amides is 1. The van der Waals surface area contributed by atoms with Crippen LogP contribution in [0.1, 0.15) is 271 Å². The van der Waals surface area contributed by atoms with Gasteiger partial charge in [0.2, 0.25) is 5.91 Å². The Morgan fingerprint density at radius 2 is 0.844 bits per heavy atom. The lowest BCUT2D eigenvalue weighted by Gasteiger charge is -2.25. The Morgan fingerprint density at radius 3 is 1.20 bits per heavy atom. The molecule has 0 rings (SSSR count). The van der Waals surface area contributed by atoms with Crippen LogP contribution in [-0.4, -0.2) is 73.4 Å². The van der Waals surface area contributed by atoms with Crippen LogP contribution in [0.5, 0.6) is 0 Å². The van der Waals surface area contributed by atoms with Crippen molar-refractivity contribution in [2.24, 2.45) is 0 Å². The van der Waals surface area contributed by atoms with Crippen LogP contribution in [0.4, 0.5) is 0 Å². The summed E-state index contributed by atoms with van der Waals surface area (Å²) < 4.78 is 23.7. The maximum Gasteiger partial charge on any atom is 0.472 e. The maximum absolute atomic E-state index is 12.9. The number of nitrogens with one attached hydrogen (secondary N) is 1. The van der Waals surface area contributed by atoms with Crippen LogP contribution in [0, 0.1) is 0 Å². The number of carbonyl (C=O) groups excluding carboxylic acids is 1. The van der Waals surface area contributed by atoms with E-state index in [-0.39, 0.29) is 19.1 Å². The first kappa shape index (κ1) is 63.0. The summed E-state index contributed by atoms with van der Waals surface area (Å²) in [6.45, 7) is 4.84. The molecule has 0 fully saturated rings. The normalized spacial score (nSPS) is 14.2. The summed E-state index contributed by atoms with van der Waals surface area (Å²) in [6.07, 6.45) is 58.4. The average Bonchev–Trinajstić information content (AvgIpc) is 3.25. The monoisotopic (exact) mass is 926 g/mol. The summed E-state index contributed by atoms with van der Waals surface area (Å²) in [7, 11) is 1.58. The van der Waals surface area contributed by atoms with E-state index in [2.05, 4.69) is 31.3 Å². The van der Waals surface area contributed by atoms with Gasteiger partial charge in [-0.05, 0) is 44.9 Å². The molecule has 380 valence electrons. The van der Waals surface area contributed by atoms with E-state index in [0.717, 1.165) is 38.5 Å². The molecule has 0 radical (unpaired) electrons. The number of rotatable bonds is 51. The Morgan fingerprint density at radius 1 is 0.516 bits per heavy atom. The van der Waals surface area contributed by atoms with Gasteiger partial charge in [0, 0.05) is 6.42 Å². The number of hydrogen-bond acceptors (Lipinski definition) is 5. The summed E-state index contributed by atoms with van der Waals surface area (Å²) in [4.78, 5) is 23.2. The van der Waals surface area contributed by atoms with Crippen molar-refractivity contribution in [2.45, 2.75) is 283 Å². The molecule has 0 saturated heterocycles. The van der Waals surface area contributed by atoms with Crippen LogP contribution in [-0.2, 0) is 18.4 Å². The molecule has 0 aliphatic rings. The molecule has 0 aromatic heterocycles. The summed E-state index contributed by atoms with van der Waals surface area (Å²) >= 11 is 0. The molecular weight excluding hydrogens is 816 g/mol. The van der Waals surface area contributed by atoms with E-state index in [1.165, 1.54) is 212 Å². The van der Waals surface area contributed by atoms with Gasteiger partial charge in [0.25, 0.3) is 0 Å². The number of phosphoric acid groups is 1. The second kappa shape index (κ2) is 47.1. The second-order valence-corrected chi connectivity index (χ2v) is 21.8. The third kappa shape index (κ3) is 48.9. The van der Waals surface area contributed by atoms with Crippen molar-refractivity contribution in [3.05, 3.63) is 24.3 Å². The number of nitrogens with zero attached hydrogens (tertiary/aromatic N) is 1. The number of allylic oxidation sites excluding steroid dienone is 3. The van der Waals surface area contributed by atoms with Crippen LogP contribution < -0.4 is 5.32 Å². The lowest BCUT2D eigenvalue weighted by atomic mass is 10.0. The molecule has 9 heteroatoms. The molecule has 3 unspecified atom stereocenters. The van der Waals surface area contributed by atoms with Crippen LogP contribution in [0.3, 0.4) is 0 Å². The molecule has 0 aliphatic carbocycles. The lowest BCUT2D eigenvalue weighted by molar-refractivity contribution is -0.870. The van der Waals surface area contributed by atoms with E-state index in [4.69, 9.17) is 9.05 Å². The number of unbranched alkanes of at least 4 members (excludes halogenated alkanes) is 36. The topological polar surface area (TPSA) is 105 Å². The Labute approximate surface area is 398 Å². The molecule has 0 spiro atoms. The fourth-order valence-corrected chi connectivity index (χ4v) is 9.01. The van der Waals surface area contributed by atoms with Gasteiger partial charge in [0.05, 0.1) is 39.9 Å². The van der Waals surface area contributed by atoms with Crippen molar-refractivity contribution in [1.29, 1.82) is 0 Å². The molecule has 8 nitrogen and oxygen atoms in total. The minimum atomic E-state index is -4.34. The first-order valence-corrected chi connectivity index (χ1v) is 29.2. The second-order valence-electron chi connectivity index (χ2n) is 20.3. The van der Waals surface area contributed by atoms with E-state index in [0.29, 0.717) is 17.4 Å². The highest BCUT2D eigenvalue weighted by atomic mass is 31.2. The molecule has 3 N–H and O–H groups in total. The molecule has 64 heavy (non-hydrogen) atoms. The number of quaternary nitrogens is 1. The molecule has 3 atom stereocenters. The summed E-state index contributed by atoms with van der Waals surface area (Å²) in [5, 5.41) is 13.9. The number of likely N-dealkylation sites (N-methyl/N-ethyl adjacent to an activating group) is 1. The minimum absolute atomic E-state index is 0.0622. The summed E-state index contributed by atoms with van der Waals surface area (Å²) in [5.74, 6) is -0.178. The van der Waals surface area contributed by atoms with Gasteiger partial charge in [-0.3, -0.25) is 13.8 Å². The standard InChI is InChI=1S/C55H109N2O6P/c1-6-8-10-12-14-16-18-20-22-24-25-26-27-28-29-30-31-33-34-36-38-40-42-44-46-48-54(58)53(52-63-64(60,61)62-51-50-57(3,4)5)56-55(59)49-47-45-43-41-39-37-35-32-23-21-19-17-15-13-11-9-7-2/h21,23,46,48,53-54,58H,6-20,22,24-45,47,49-52H2,1-5H3,(H-,56,59,60,61)/p+1/b23-21-,48-46+. The third-order valence-corrected chi connectivity index (χ3v) is 13.6. The van der Waals surface area contributed by atoms with Crippen LogP contribution >= 0.6 is 7.82 Å². The van der Waals surface area contributed by atoms with Gasteiger partial charge in [-0.2, -0.15) is 0 Å². The van der Waals surface area contributed by atoms with E-state index in [1.807, 2.05) is 27.2 Å². The quantitative estimate of drug-likeness (QED) is 0.0243. The number of aliphatic hydroxyl groups is 1. The average molecular weight is 926 g/mol. The van der Waals surface area contributed by atoms with E-state index < -0.39 is 20.0 Å². The van der Waals surface area contributed by atoms with Crippen LogP contribution in [0.25, 0.3) is 0 Å². The zero-order chi connectivity index (χ0) is 47.1. The molecule has 0 saturated carbocycles. The van der Waals surface area contributed by atoms with Crippen molar-refractivity contribution in [2.75, 3.05) is 40.9 Å². The van der Waals surface area contributed by atoms with Crippen LogP contribution in [0.2, 0.25) is 0 Å². The van der Waals surface area contributed by atoms with Crippen molar-refractivity contribution in [3.63, 3.8) is 0 Å². The smallest absolute Gasteiger partial charge is 0.387 e. The molecule has 0 heterocycles. The largest absolute Gasteiger partial charge is 0.472 e. The Hall–Kier alpha value is -1.02. The SMILES string of the molecule is CCCCCCCC/C=C\CCCCCCCCCC(=O)NC(COP(=O)(O)OCC[N+](C)(C)C)C(O)/C=C/CCCCCCCCCCCCCCCCCCCCCCCCC. The van der Waals surface area contributed by atoms with Gasteiger partial charge < -0.3 is 19.8 Å². The van der Waals surface area contributed by atoms with Crippen molar-refractivity contribution >= 4 is 13.7 Å². The highest BCUT2D eigenvalue weighted by molar-refractivity contribution is 7.47. The maximum atomic E-state index is 12.9.